The Labute approximate surface area is 107 Å². The fraction of sp³-hybridized carbons (Fsp3) is 0. The van der Waals surface area contributed by atoms with E-state index in [1.54, 1.807) is 18.2 Å². The second-order valence-corrected chi connectivity index (χ2v) is 3.03. The molecule has 1 radical (unpaired) electrons. The molecule has 89 valence electrons. The number of esters is 1. The van der Waals surface area contributed by atoms with Gasteiger partial charge in [0, 0.05) is 28.4 Å². The SMILES string of the molecule is O=C(O)C(=O)Oc1nccc2ccccc12.[Co]. The van der Waals surface area contributed by atoms with Crippen molar-refractivity contribution in [1.82, 2.24) is 4.98 Å². The van der Waals surface area contributed by atoms with Crippen LogP contribution < -0.4 is 4.74 Å². The minimum absolute atomic E-state index is 0. The van der Waals surface area contributed by atoms with Gasteiger partial charge in [-0.1, -0.05) is 18.2 Å². The number of carboxylic acid groups (broad SMARTS) is 1. The Morgan fingerprint density at radius 1 is 1.18 bits per heavy atom. The molecule has 0 amide bonds. The number of ether oxygens (including phenoxy) is 1. The van der Waals surface area contributed by atoms with Crippen molar-refractivity contribution in [2.45, 2.75) is 0 Å². The number of carbonyl (C=O) groups is 2. The van der Waals surface area contributed by atoms with Crippen LogP contribution in [0.2, 0.25) is 0 Å². The standard InChI is InChI=1S/C11H7NO4.Co/c13-10(14)11(15)16-9-8-4-2-1-3-7(8)5-6-12-9;/h1-6H,(H,13,14);. The molecule has 0 atom stereocenters. The second-order valence-electron chi connectivity index (χ2n) is 3.03. The van der Waals surface area contributed by atoms with E-state index in [9.17, 15) is 9.59 Å². The van der Waals surface area contributed by atoms with Crippen LogP contribution in [0.5, 0.6) is 5.88 Å². The zero-order valence-corrected chi connectivity index (χ0v) is 9.46. The molecule has 0 unspecified atom stereocenters. The van der Waals surface area contributed by atoms with Crippen molar-refractivity contribution in [2.75, 3.05) is 0 Å². The number of fused-ring (bicyclic) bond motifs is 1. The third-order valence-corrected chi connectivity index (χ3v) is 2.00. The fourth-order valence-electron chi connectivity index (χ4n) is 1.30. The average molecular weight is 276 g/mol. The molecule has 2 rings (SSSR count). The van der Waals surface area contributed by atoms with Gasteiger partial charge in [-0.3, -0.25) is 0 Å². The third-order valence-electron chi connectivity index (χ3n) is 2.00. The molecule has 0 saturated carbocycles. The van der Waals surface area contributed by atoms with Crippen LogP contribution in [0.25, 0.3) is 10.8 Å². The predicted octanol–water partition coefficient (Wildman–Crippen LogP) is 1.22. The summed E-state index contributed by atoms with van der Waals surface area (Å²) >= 11 is 0. The van der Waals surface area contributed by atoms with Crippen LogP contribution in [0.15, 0.2) is 36.5 Å². The van der Waals surface area contributed by atoms with Crippen molar-refractivity contribution in [3.8, 4) is 5.88 Å². The second kappa shape index (κ2) is 5.42. The van der Waals surface area contributed by atoms with E-state index in [0.717, 1.165) is 5.39 Å². The van der Waals surface area contributed by atoms with Crippen LogP contribution in [0.1, 0.15) is 0 Å². The number of pyridine rings is 1. The number of carboxylic acids is 1. The van der Waals surface area contributed by atoms with Crippen LogP contribution in [0.3, 0.4) is 0 Å². The van der Waals surface area contributed by atoms with Crippen LogP contribution in [-0.2, 0) is 26.4 Å². The summed E-state index contributed by atoms with van der Waals surface area (Å²) in [6, 6.07) is 8.84. The number of aliphatic carboxylic acids is 1. The Kier molecular flexibility index (Phi) is 4.19. The first-order valence-corrected chi connectivity index (χ1v) is 4.47. The van der Waals surface area contributed by atoms with Crippen LogP contribution in [0.4, 0.5) is 0 Å². The van der Waals surface area contributed by atoms with Crippen molar-refractivity contribution in [1.29, 1.82) is 0 Å². The molecule has 2 aromatic rings. The van der Waals surface area contributed by atoms with Crippen LogP contribution in [-0.4, -0.2) is 22.0 Å². The van der Waals surface area contributed by atoms with Crippen molar-refractivity contribution in [3.63, 3.8) is 0 Å². The van der Waals surface area contributed by atoms with Gasteiger partial charge in [-0.15, -0.1) is 0 Å². The van der Waals surface area contributed by atoms with Crippen molar-refractivity contribution >= 4 is 22.7 Å². The summed E-state index contributed by atoms with van der Waals surface area (Å²) in [6.07, 6.45) is 1.45. The smallest absolute Gasteiger partial charge is 0.424 e. The number of nitrogens with zero attached hydrogens (tertiary/aromatic N) is 1. The summed E-state index contributed by atoms with van der Waals surface area (Å²) in [7, 11) is 0. The molecule has 0 aliphatic carbocycles. The molecule has 0 aliphatic heterocycles. The van der Waals surface area contributed by atoms with Gasteiger partial charge in [-0.25, -0.2) is 14.6 Å². The van der Waals surface area contributed by atoms with Crippen molar-refractivity contribution in [2.24, 2.45) is 0 Å². The number of hydrogen-bond donors (Lipinski definition) is 1. The summed E-state index contributed by atoms with van der Waals surface area (Å²) in [6.45, 7) is 0. The summed E-state index contributed by atoms with van der Waals surface area (Å²) in [4.78, 5) is 25.1. The molecule has 0 fully saturated rings. The maximum absolute atomic E-state index is 10.9. The van der Waals surface area contributed by atoms with Gasteiger partial charge in [-0.05, 0) is 17.5 Å². The van der Waals surface area contributed by atoms with Gasteiger partial charge in [0.2, 0.25) is 5.88 Å². The Morgan fingerprint density at radius 2 is 1.88 bits per heavy atom. The van der Waals surface area contributed by atoms with E-state index in [0.29, 0.717) is 5.39 Å². The van der Waals surface area contributed by atoms with Crippen LogP contribution >= 0.6 is 0 Å². The number of aromatic nitrogens is 1. The number of carbonyl (C=O) groups excluding carboxylic acids is 1. The molecule has 1 N–H and O–H groups in total. The van der Waals surface area contributed by atoms with Gasteiger partial charge in [-0.2, -0.15) is 0 Å². The normalized spacial score (nSPS) is 9.41. The largest absolute Gasteiger partial charge is 0.473 e. The van der Waals surface area contributed by atoms with Gasteiger partial charge in [0.1, 0.15) is 0 Å². The van der Waals surface area contributed by atoms with E-state index >= 15 is 0 Å². The van der Waals surface area contributed by atoms with Gasteiger partial charge in [0.05, 0.1) is 0 Å². The molecule has 0 spiro atoms. The number of hydrogen-bond acceptors (Lipinski definition) is 4. The van der Waals surface area contributed by atoms with Gasteiger partial charge in [0.15, 0.2) is 0 Å². The van der Waals surface area contributed by atoms with E-state index in [-0.39, 0.29) is 22.7 Å². The maximum Gasteiger partial charge on any atom is 0.424 e. The molecule has 6 heteroatoms. The van der Waals surface area contributed by atoms with E-state index in [4.69, 9.17) is 5.11 Å². The minimum Gasteiger partial charge on any atom is -0.473 e. The summed E-state index contributed by atoms with van der Waals surface area (Å²) < 4.78 is 4.64. The number of rotatable bonds is 1. The third kappa shape index (κ3) is 2.80. The van der Waals surface area contributed by atoms with E-state index < -0.39 is 11.9 Å². The molecular formula is C11H7CoNO4. The van der Waals surface area contributed by atoms with Gasteiger partial charge in [0.25, 0.3) is 0 Å². The van der Waals surface area contributed by atoms with Crippen LogP contribution in [0, 0.1) is 0 Å². The predicted molar refractivity (Wildman–Crippen MR) is 55.0 cm³/mol. The van der Waals surface area contributed by atoms with E-state index in [2.05, 4.69) is 9.72 Å². The summed E-state index contributed by atoms with van der Waals surface area (Å²) in [5.41, 5.74) is 0. The first kappa shape index (κ1) is 13.1. The quantitative estimate of drug-likeness (QED) is 0.626. The molecule has 1 heterocycles. The maximum atomic E-state index is 10.9. The zero-order chi connectivity index (χ0) is 11.5. The van der Waals surface area contributed by atoms with Gasteiger partial charge >= 0.3 is 11.9 Å². The summed E-state index contributed by atoms with van der Waals surface area (Å²) in [5, 5.41) is 9.83. The number of benzene rings is 1. The Bertz CT molecular complexity index is 565. The monoisotopic (exact) mass is 276 g/mol. The molecule has 17 heavy (non-hydrogen) atoms. The average Bonchev–Trinajstić information content (AvgIpc) is 2.29. The Balaban J connectivity index is 0.00000144. The zero-order valence-electron chi connectivity index (χ0n) is 8.42. The molecule has 0 aliphatic rings. The minimum atomic E-state index is -1.64. The molecule has 0 bridgehead atoms. The topological polar surface area (TPSA) is 76.5 Å². The molecule has 5 nitrogen and oxygen atoms in total. The Hall–Kier alpha value is -1.92. The van der Waals surface area contributed by atoms with E-state index in [1.807, 2.05) is 12.1 Å². The summed E-state index contributed by atoms with van der Waals surface area (Å²) in [5.74, 6) is -2.98. The van der Waals surface area contributed by atoms with E-state index in [1.165, 1.54) is 6.20 Å². The van der Waals surface area contributed by atoms with Crippen molar-refractivity contribution in [3.05, 3.63) is 36.5 Å². The van der Waals surface area contributed by atoms with Gasteiger partial charge < -0.3 is 9.84 Å². The Morgan fingerprint density at radius 3 is 2.59 bits per heavy atom. The first-order valence-electron chi connectivity index (χ1n) is 4.47. The molecule has 1 aromatic carbocycles. The van der Waals surface area contributed by atoms with Crippen molar-refractivity contribution < 1.29 is 36.2 Å². The molecular weight excluding hydrogens is 269 g/mol. The molecule has 1 aromatic heterocycles. The molecule has 0 saturated heterocycles. The first-order chi connectivity index (χ1) is 7.68. The fourth-order valence-corrected chi connectivity index (χ4v) is 1.30.